The Balaban J connectivity index is 1.09. The van der Waals surface area contributed by atoms with E-state index in [9.17, 15) is 18.0 Å². The number of nitrogens with one attached hydrogen (secondary N) is 3. The first-order valence-corrected chi connectivity index (χ1v) is 20.3. The summed E-state index contributed by atoms with van der Waals surface area (Å²) < 4.78 is 50.3. The van der Waals surface area contributed by atoms with Crippen molar-refractivity contribution < 1.29 is 32.2 Å². The molecule has 0 radical (unpaired) electrons. The SMILES string of the molecule is CC(c1ccnc(Nc2ccc(N3CCOCC3)nc2)c1)C1(C(C)c2ccnc(Nc3ccc(N4CCOCC4)nc3)c2)NC(=O)N(c2ccc(SC(F)(F)F)cc2)C1=O. The average molecular weight is 841 g/mol. The molecular formula is C42H43F3N10O4S. The number of carbonyl (C=O) groups is 2. The second kappa shape index (κ2) is 17.3. The summed E-state index contributed by atoms with van der Waals surface area (Å²) in [5.74, 6) is 0.818. The average Bonchev–Trinajstić information content (AvgIpc) is 3.53. The fourth-order valence-electron chi connectivity index (χ4n) is 7.83. The normalized spacial score (nSPS) is 19.5. The first-order chi connectivity index (χ1) is 29.0. The molecule has 8 rings (SSSR count). The minimum atomic E-state index is -4.50. The van der Waals surface area contributed by atoms with Crippen molar-refractivity contribution in [2.75, 3.05) is 77.9 Å². The number of anilines is 7. The molecule has 312 valence electrons. The summed E-state index contributed by atoms with van der Waals surface area (Å²) in [5, 5.41) is 9.67. The number of pyridine rings is 4. The van der Waals surface area contributed by atoms with Gasteiger partial charge in [0.25, 0.3) is 5.91 Å². The van der Waals surface area contributed by atoms with Gasteiger partial charge in [0.05, 0.1) is 55.9 Å². The monoisotopic (exact) mass is 840 g/mol. The summed E-state index contributed by atoms with van der Waals surface area (Å²) in [6, 6.07) is 19.4. The van der Waals surface area contributed by atoms with Crippen LogP contribution in [-0.2, 0) is 14.3 Å². The molecule has 0 spiro atoms. The molecule has 3 aliphatic rings. The maximum Gasteiger partial charge on any atom is 0.446 e. The Morgan fingerprint density at radius 3 is 1.62 bits per heavy atom. The van der Waals surface area contributed by atoms with Crippen molar-refractivity contribution in [3.8, 4) is 0 Å². The van der Waals surface area contributed by atoms with E-state index in [0.717, 1.165) is 42.7 Å². The first-order valence-electron chi connectivity index (χ1n) is 19.5. The lowest BCUT2D eigenvalue weighted by Gasteiger charge is -2.39. The molecule has 0 aliphatic carbocycles. The van der Waals surface area contributed by atoms with Gasteiger partial charge in [0, 0.05) is 55.3 Å². The lowest BCUT2D eigenvalue weighted by atomic mass is 9.70. The van der Waals surface area contributed by atoms with Crippen LogP contribution in [0.2, 0.25) is 0 Å². The predicted molar refractivity (Wildman–Crippen MR) is 224 cm³/mol. The molecular weight excluding hydrogens is 798 g/mol. The zero-order valence-corrected chi connectivity index (χ0v) is 33.7. The van der Waals surface area contributed by atoms with Crippen LogP contribution in [0.25, 0.3) is 0 Å². The van der Waals surface area contributed by atoms with E-state index in [4.69, 9.17) is 9.47 Å². The number of halogens is 3. The van der Waals surface area contributed by atoms with Gasteiger partial charge in [-0.2, -0.15) is 13.2 Å². The van der Waals surface area contributed by atoms with Gasteiger partial charge in [0.15, 0.2) is 0 Å². The van der Waals surface area contributed by atoms with Gasteiger partial charge in [-0.1, -0.05) is 13.8 Å². The van der Waals surface area contributed by atoms with E-state index in [0.29, 0.717) is 60.6 Å². The van der Waals surface area contributed by atoms with Crippen molar-refractivity contribution >= 4 is 64.0 Å². The van der Waals surface area contributed by atoms with Gasteiger partial charge in [-0.3, -0.25) is 4.79 Å². The maximum absolute atomic E-state index is 15.0. The van der Waals surface area contributed by atoms with Crippen molar-refractivity contribution in [1.82, 2.24) is 25.3 Å². The standard InChI is InChI=1S/C42H43F3N10O4S/c1-27(29-11-13-46-35(23-29)50-31-3-9-37(48-25-31)53-15-19-58-20-16-53)41(39(56)55(40(57)52-41)33-5-7-34(8-6-33)60-42(43,44)45)28(2)30-12-14-47-36(24-30)51-32-4-10-38(49-26-32)54-17-21-59-22-18-54/h3-14,23-28H,15-22H2,1-2H3,(H,46,50)(H,47,51)(H,52,57). The van der Waals surface area contributed by atoms with Gasteiger partial charge in [-0.25, -0.2) is 29.6 Å². The van der Waals surface area contributed by atoms with E-state index in [2.05, 4.69) is 45.7 Å². The van der Waals surface area contributed by atoms with Crippen LogP contribution < -0.4 is 30.7 Å². The van der Waals surface area contributed by atoms with Crippen LogP contribution >= 0.6 is 11.8 Å². The van der Waals surface area contributed by atoms with Crippen LogP contribution in [0.4, 0.5) is 58.3 Å². The van der Waals surface area contributed by atoms with Crippen LogP contribution in [0.3, 0.4) is 0 Å². The van der Waals surface area contributed by atoms with Gasteiger partial charge in [0.2, 0.25) is 0 Å². The highest BCUT2D eigenvalue weighted by Crippen LogP contribution is 2.46. The summed E-state index contributed by atoms with van der Waals surface area (Å²) in [5.41, 5.74) is -3.12. The summed E-state index contributed by atoms with van der Waals surface area (Å²) in [4.78, 5) is 52.6. The van der Waals surface area contributed by atoms with E-state index in [-0.39, 0.29) is 22.3 Å². The molecule has 3 fully saturated rings. The molecule has 14 nitrogen and oxygen atoms in total. The molecule has 18 heteroatoms. The molecule has 2 atom stereocenters. The molecule has 1 aromatic carbocycles. The van der Waals surface area contributed by atoms with E-state index in [1.165, 1.54) is 24.3 Å². The Morgan fingerprint density at radius 1 is 0.700 bits per heavy atom. The van der Waals surface area contributed by atoms with Crippen LogP contribution in [0.15, 0.2) is 102 Å². The zero-order chi connectivity index (χ0) is 41.9. The van der Waals surface area contributed by atoms with Crippen LogP contribution in [0.5, 0.6) is 0 Å². The lowest BCUT2D eigenvalue weighted by Crippen LogP contribution is -2.55. The minimum absolute atomic E-state index is 0.0724. The van der Waals surface area contributed by atoms with Gasteiger partial charge in [-0.15, -0.1) is 0 Å². The third-order valence-electron chi connectivity index (χ3n) is 11.0. The van der Waals surface area contributed by atoms with Gasteiger partial charge in [-0.05, 0) is 95.7 Å². The van der Waals surface area contributed by atoms with Gasteiger partial charge < -0.3 is 35.2 Å². The van der Waals surface area contributed by atoms with E-state index in [1.54, 1.807) is 36.9 Å². The number of ether oxygens (including phenoxy) is 2. The summed E-state index contributed by atoms with van der Waals surface area (Å²) in [7, 11) is 0. The number of carbonyl (C=O) groups excluding carboxylic acids is 2. The molecule has 3 N–H and O–H groups in total. The summed E-state index contributed by atoms with van der Waals surface area (Å²) in [6.45, 7) is 9.34. The second-order valence-corrected chi connectivity index (χ2v) is 15.8. The van der Waals surface area contributed by atoms with Crippen LogP contribution in [-0.4, -0.2) is 95.5 Å². The fraction of sp³-hybridized carbons (Fsp3) is 0.333. The fourth-order valence-corrected chi connectivity index (χ4v) is 8.37. The third kappa shape index (κ3) is 8.80. The Morgan fingerprint density at radius 2 is 1.18 bits per heavy atom. The molecule has 3 amide bonds. The topological polar surface area (TPSA) is 150 Å². The highest BCUT2D eigenvalue weighted by Gasteiger charge is 2.58. The van der Waals surface area contributed by atoms with Crippen molar-refractivity contribution in [2.24, 2.45) is 0 Å². The maximum atomic E-state index is 15.0. The Bertz CT molecular complexity index is 2180. The number of imide groups is 1. The highest BCUT2D eigenvalue weighted by atomic mass is 32.2. The minimum Gasteiger partial charge on any atom is -0.378 e. The predicted octanol–water partition coefficient (Wildman–Crippen LogP) is 7.44. The Kier molecular flexibility index (Phi) is 11.8. The third-order valence-corrected chi connectivity index (χ3v) is 11.8. The lowest BCUT2D eigenvalue weighted by molar-refractivity contribution is -0.123. The number of nitrogens with zero attached hydrogens (tertiary/aromatic N) is 7. The summed E-state index contributed by atoms with van der Waals surface area (Å²) in [6.07, 6.45) is 6.72. The van der Waals surface area contributed by atoms with E-state index >= 15 is 4.79 Å². The molecule has 0 bridgehead atoms. The van der Waals surface area contributed by atoms with Crippen molar-refractivity contribution in [1.29, 1.82) is 0 Å². The number of rotatable bonds is 12. The molecule has 3 aliphatic heterocycles. The van der Waals surface area contributed by atoms with Gasteiger partial charge >= 0.3 is 11.5 Å². The van der Waals surface area contributed by atoms with Crippen LogP contribution in [0.1, 0.15) is 36.8 Å². The van der Waals surface area contributed by atoms with Gasteiger partial charge in [0.1, 0.15) is 28.8 Å². The van der Waals surface area contributed by atoms with E-state index < -0.39 is 34.8 Å². The number of aromatic nitrogens is 4. The van der Waals surface area contributed by atoms with E-state index in [1.807, 2.05) is 50.2 Å². The number of amides is 3. The zero-order valence-electron chi connectivity index (χ0n) is 32.9. The molecule has 7 heterocycles. The molecule has 4 aromatic heterocycles. The van der Waals surface area contributed by atoms with Crippen molar-refractivity contribution in [3.63, 3.8) is 0 Å². The summed E-state index contributed by atoms with van der Waals surface area (Å²) >= 11 is -0.273. The Labute approximate surface area is 348 Å². The molecule has 3 saturated heterocycles. The van der Waals surface area contributed by atoms with Crippen molar-refractivity contribution in [3.05, 3.63) is 109 Å². The number of hydrogen-bond acceptors (Lipinski definition) is 13. The Hall–Kier alpha value is -5.98. The first kappa shape index (κ1) is 40.8. The number of thioether (sulfide) groups is 1. The number of morpholine rings is 2. The van der Waals surface area contributed by atoms with Crippen LogP contribution in [0, 0.1) is 0 Å². The quantitative estimate of drug-likeness (QED) is 0.0845. The number of alkyl halides is 3. The highest BCUT2D eigenvalue weighted by molar-refractivity contribution is 8.00. The van der Waals surface area contributed by atoms with Crippen molar-refractivity contribution in [2.45, 2.75) is 41.6 Å². The largest absolute Gasteiger partial charge is 0.446 e. The second-order valence-electron chi connectivity index (χ2n) is 14.6. The molecule has 5 aromatic rings. The smallest absolute Gasteiger partial charge is 0.378 e. The number of urea groups is 1. The molecule has 2 unspecified atom stereocenters. The molecule has 0 saturated carbocycles. The molecule has 60 heavy (non-hydrogen) atoms. The number of benzene rings is 1. The number of hydrogen-bond donors (Lipinski definition) is 3.